The van der Waals surface area contributed by atoms with Crippen LogP contribution in [0.25, 0.3) is 0 Å². The first kappa shape index (κ1) is 8.21. The van der Waals surface area contributed by atoms with Gasteiger partial charge in [0.15, 0.2) is 0 Å². The third kappa shape index (κ3) is 2.39. The molecule has 1 unspecified atom stereocenters. The van der Waals surface area contributed by atoms with Crippen LogP contribution in [0.15, 0.2) is 0 Å². The predicted molar refractivity (Wildman–Crippen MR) is 44.0 cm³/mol. The van der Waals surface area contributed by atoms with E-state index in [-0.39, 0.29) is 0 Å². The fourth-order valence-corrected chi connectivity index (χ4v) is 1.64. The Hall–Kier alpha value is 0.110. The maximum Gasteiger partial charge on any atom is 0.0912 e. The summed E-state index contributed by atoms with van der Waals surface area (Å²) in [7, 11) is -0.765. The van der Waals surface area contributed by atoms with Crippen molar-refractivity contribution in [2.75, 3.05) is 12.3 Å². The van der Waals surface area contributed by atoms with Crippen molar-refractivity contribution in [3.05, 3.63) is 0 Å². The van der Waals surface area contributed by atoms with Gasteiger partial charge in [-0.1, -0.05) is 13.3 Å². The maximum atomic E-state index is 10.9. The van der Waals surface area contributed by atoms with Gasteiger partial charge < -0.3 is 0 Å². The van der Waals surface area contributed by atoms with Crippen molar-refractivity contribution in [1.29, 1.82) is 0 Å². The Bertz CT molecular complexity index is 123. The molecule has 0 saturated heterocycles. The van der Waals surface area contributed by atoms with Crippen LogP contribution < -0.4 is 4.72 Å². The molecule has 0 spiro atoms. The van der Waals surface area contributed by atoms with Gasteiger partial charge in [-0.2, -0.15) is 0 Å². The Balaban J connectivity index is 1.98. The van der Waals surface area contributed by atoms with Crippen molar-refractivity contribution < 1.29 is 4.21 Å². The zero-order valence-electron chi connectivity index (χ0n) is 6.43. The highest BCUT2D eigenvalue weighted by Crippen LogP contribution is 2.25. The van der Waals surface area contributed by atoms with Gasteiger partial charge in [-0.15, -0.1) is 0 Å². The van der Waals surface area contributed by atoms with E-state index in [0.29, 0.717) is 0 Å². The lowest BCUT2D eigenvalue weighted by molar-refractivity contribution is 0.318. The van der Waals surface area contributed by atoms with Crippen molar-refractivity contribution >= 4 is 11.0 Å². The van der Waals surface area contributed by atoms with Crippen LogP contribution in [0.1, 0.15) is 26.2 Å². The summed E-state index contributed by atoms with van der Waals surface area (Å²) in [4.78, 5) is 0. The van der Waals surface area contributed by atoms with Crippen LogP contribution in [0.2, 0.25) is 0 Å². The predicted octanol–water partition coefficient (Wildman–Crippen LogP) is 1.06. The Kier molecular flexibility index (Phi) is 3.35. The molecule has 1 rings (SSSR count). The minimum Gasteiger partial charge on any atom is -0.243 e. The largest absolute Gasteiger partial charge is 0.243 e. The van der Waals surface area contributed by atoms with Crippen LogP contribution in [0, 0.1) is 5.92 Å². The van der Waals surface area contributed by atoms with Crippen LogP contribution in [0.3, 0.4) is 0 Å². The monoisotopic (exact) mass is 161 g/mol. The number of hydrogen-bond acceptors (Lipinski definition) is 1. The number of nitrogens with one attached hydrogen (secondary N) is 1. The standard InChI is InChI=1S/C7H15NOS/c1-2-10(9)8-6-7-4-3-5-7/h7-8H,2-6H2,1H3. The molecule has 1 aliphatic rings. The average molecular weight is 161 g/mol. The molecule has 1 fully saturated rings. The Morgan fingerprint density at radius 3 is 2.70 bits per heavy atom. The van der Waals surface area contributed by atoms with E-state index in [0.717, 1.165) is 18.2 Å². The molecular weight excluding hydrogens is 146 g/mol. The van der Waals surface area contributed by atoms with E-state index in [9.17, 15) is 4.21 Å². The molecule has 1 atom stereocenters. The van der Waals surface area contributed by atoms with E-state index in [4.69, 9.17) is 0 Å². The summed E-state index contributed by atoms with van der Waals surface area (Å²) in [6.07, 6.45) is 4.02. The molecule has 0 aromatic carbocycles. The minimum absolute atomic E-state index is 0.729. The second-order valence-electron chi connectivity index (χ2n) is 2.78. The Morgan fingerprint density at radius 2 is 2.30 bits per heavy atom. The van der Waals surface area contributed by atoms with Crippen molar-refractivity contribution in [2.45, 2.75) is 26.2 Å². The first-order valence-corrected chi connectivity index (χ1v) is 5.26. The lowest BCUT2D eigenvalue weighted by Gasteiger charge is -2.24. The van der Waals surface area contributed by atoms with Gasteiger partial charge >= 0.3 is 0 Å². The lowest BCUT2D eigenvalue weighted by atomic mass is 9.86. The summed E-state index contributed by atoms with van der Waals surface area (Å²) >= 11 is 0. The molecule has 0 amide bonds. The van der Waals surface area contributed by atoms with Crippen LogP contribution in [0.4, 0.5) is 0 Å². The first-order chi connectivity index (χ1) is 4.83. The van der Waals surface area contributed by atoms with Gasteiger partial charge in [0.1, 0.15) is 0 Å². The molecule has 2 nitrogen and oxygen atoms in total. The average Bonchev–Trinajstić information content (AvgIpc) is 1.84. The molecular formula is C7H15NOS. The highest BCUT2D eigenvalue weighted by molar-refractivity contribution is 7.82. The molecule has 1 aliphatic carbocycles. The zero-order chi connectivity index (χ0) is 7.40. The van der Waals surface area contributed by atoms with Gasteiger partial charge in [0.2, 0.25) is 0 Å². The first-order valence-electron chi connectivity index (χ1n) is 3.94. The summed E-state index contributed by atoms with van der Waals surface area (Å²) < 4.78 is 13.9. The summed E-state index contributed by atoms with van der Waals surface area (Å²) in [6, 6.07) is 0. The molecule has 0 aromatic heterocycles. The highest BCUT2D eigenvalue weighted by atomic mass is 32.2. The molecule has 60 valence electrons. The smallest absolute Gasteiger partial charge is 0.0912 e. The molecule has 1 saturated carbocycles. The van der Waals surface area contributed by atoms with E-state index in [1.807, 2.05) is 6.92 Å². The van der Waals surface area contributed by atoms with E-state index >= 15 is 0 Å². The Labute approximate surface area is 65.0 Å². The van der Waals surface area contributed by atoms with E-state index < -0.39 is 11.0 Å². The van der Waals surface area contributed by atoms with Crippen molar-refractivity contribution in [2.24, 2.45) is 5.92 Å². The van der Waals surface area contributed by atoms with E-state index in [1.165, 1.54) is 19.3 Å². The van der Waals surface area contributed by atoms with Gasteiger partial charge in [-0.3, -0.25) is 0 Å². The fourth-order valence-electron chi connectivity index (χ4n) is 1.01. The van der Waals surface area contributed by atoms with Crippen molar-refractivity contribution in [3.8, 4) is 0 Å². The molecule has 3 heteroatoms. The minimum atomic E-state index is -0.765. The molecule has 0 bridgehead atoms. The Morgan fingerprint density at radius 1 is 1.60 bits per heavy atom. The highest BCUT2D eigenvalue weighted by Gasteiger charge is 2.16. The van der Waals surface area contributed by atoms with Crippen molar-refractivity contribution in [1.82, 2.24) is 4.72 Å². The fraction of sp³-hybridized carbons (Fsp3) is 1.00. The third-order valence-electron chi connectivity index (χ3n) is 2.02. The second-order valence-corrected chi connectivity index (χ2v) is 4.34. The third-order valence-corrected chi connectivity index (χ3v) is 3.03. The van der Waals surface area contributed by atoms with Gasteiger partial charge in [0.25, 0.3) is 0 Å². The summed E-state index contributed by atoms with van der Waals surface area (Å²) in [5, 5.41) is 0. The number of rotatable bonds is 4. The second kappa shape index (κ2) is 4.09. The molecule has 0 aliphatic heterocycles. The summed E-state index contributed by atoms with van der Waals surface area (Å²) in [6.45, 7) is 2.89. The van der Waals surface area contributed by atoms with Crippen LogP contribution in [-0.4, -0.2) is 16.5 Å². The van der Waals surface area contributed by atoms with Gasteiger partial charge in [0, 0.05) is 12.3 Å². The summed E-state index contributed by atoms with van der Waals surface area (Å²) in [5.41, 5.74) is 0. The zero-order valence-corrected chi connectivity index (χ0v) is 7.25. The van der Waals surface area contributed by atoms with Crippen LogP contribution >= 0.6 is 0 Å². The van der Waals surface area contributed by atoms with Crippen LogP contribution in [0.5, 0.6) is 0 Å². The quantitative estimate of drug-likeness (QED) is 0.656. The van der Waals surface area contributed by atoms with E-state index in [1.54, 1.807) is 0 Å². The molecule has 0 heterocycles. The van der Waals surface area contributed by atoms with Gasteiger partial charge in [-0.25, -0.2) is 8.93 Å². The van der Waals surface area contributed by atoms with E-state index in [2.05, 4.69) is 4.72 Å². The van der Waals surface area contributed by atoms with Crippen molar-refractivity contribution in [3.63, 3.8) is 0 Å². The number of hydrogen-bond donors (Lipinski definition) is 1. The van der Waals surface area contributed by atoms with Gasteiger partial charge in [0.05, 0.1) is 11.0 Å². The van der Waals surface area contributed by atoms with Crippen LogP contribution in [-0.2, 0) is 11.0 Å². The van der Waals surface area contributed by atoms with Gasteiger partial charge in [-0.05, 0) is 18.8 Å². The maximum absolute atomic E-state index is 10.9. The normalized spacial score (nSPS) is 22.1. The topological polar surface area (TPSA) is 29.1 Å². The molecule has 1 N–H and O–H groups in total. The SMILES string of the molecule is CCS(=O)NCC1CCC1. The molecule has 10 heavy (non-hydrogen) atoms. The summed E-state index contributed by atoms with van der Waals surface area (Å²) in [5.74, 6) is 1.54. The molecule has 0 aromatic rings. The lowest BCUT2D eigenvalue weighted by Crippen LogP contribution is -2.29. The molecule has 0 radical (unpaired) electrons.